The van der Waals surface area contributed by atoms with Gasteiger partial charge in [-0.05, 0) is 48.7 Å². The van der Waals surface area contributed by atoms with Gasteiger partial charge < -0.3 is 25.0 Å². The van der Waals surface area contributed by atoms with E-state index in [4.69, 9.17) is 9.47 Å². The van der Waals surface area contributed by atoms with Crippen LogP contribution in [0.5, 0.6) is 11.5 Å². The van der Waals surface area contributed by atoms with Crippen molar-refractivity contribution in [1.82, 2.24) is 15.2 Å². The summed E-state index contributed by atoms with van der Waals surface area (Å²) in [5.74, 6) is 2.90. The number of nitrogens with zero attached hydrogens (tertiary/aromatic N) is 4. The maximum Gasteiger partial charge on any atom is 0.231 e. The summed E-state index contributed by atoms with van der Waals surface area (Å²) in [5.41, 5.74) is 1.81. The monoisotopic (exact) mass is 432 g/mol. The normalized spacial score (nSPS) is 15.4. The minimum absolute atomic E-state index is 0.0320. The van der Waals surface area contributed by atoms with Crippen molar-refractivity contribution in [3.05, 3.63) is 60.4 Å². The van der Waals surface area contributed by atoms with Crippen molar-refractivity contribution in [2.24, 2.45) is 5.92 Å². The first kappa shape index (κ1) is 20.0. The Kier molecular flexibility index (Phi) is 5.69. The number of anilines is 3. The van der Waals surface area contributed by atoms with Crippen molar-refractivity contribution in [2.75, 3.05) is 35.4 Å². The van der Waals surface area contributed by atoms with Gasteiger partial charge in [-0.25, -0.2) is 0 Å². The summed E-state index contributed by atoms with van der Waals surface area (Å²) in [6.45, 7) is 2.38. The zero-order chi connectivity index (χ0) is 21.8. The summed E-state index contributed by atoms with van der Waals surface area (Å²) in [4.78, 5) is 19.0. The number of rotatable bonds is 6. The van der Waals surface area contributed by atoms with Crippen LogP contribution >= 0.6 is 0 Å². The predicted molar refractivity (Wildman–Crippen MR) is 120 cm³/mol. The highest BCUT2D eigenvalue weighted by Crippen LogP contribution is 2.34. The van der Waals surface area contributed by atoms with Crippen molar-refractivity contribution < 1.29 is 14.3 Å². The van der Waals surface area contributed by atoms with Crippen LogP contribution in [0.25, 0.3) is 0 Å². The molecule has 9 nitrogen and oxygen atoms in total. The number of pyridine rings is 1. The molecule has 2 aliphatic rings. The Balaban J connectivity index is 1.11. The van der Waals surface area contributed by atoms with E-state index in [0.717, 1.165) is 48.8 Å². The van der Waals surface area contributed by atoms with Crippen LogP contribution in [0.2, 0.25) is 0 Å². The van der Waals surface area contributed by atoms with Gasteiger partial charge in [0.1, 0.15) is 5.82 Å². The number of nitrogens with one attached hydrogen (secondary N) is 2. The Morgan fingerprint density at radius 1 is 1.06 bits per heavy atom. The van der Waals surface area contributed by atoms with Gasteiger partial charge >= 0.3 is 0 Å². The summed E-state index contributed by atoms with van der Waals surface area (Å²) >= 11 is 0. The lowest BCUT2D eigenvalue weighted by Crippen LogP contribution is -2.38. The van der Waals surface area contributed by atoms with Crippen LogP contribution < -0.4 is 25.0 Å². The van der Waals surface area contributed by atoms with Gasteiger partial charge in [-0.2, -0.15) is 0 Å². The molecule has 0 aliphatic carbocycles. The van der Waals surface area contributed by atoms with Crippen LogP contribution in [-0.2, 0) is 11.3 Å². The highest BCUT2D eigenvalue weighted by atomic mass is 16.7. The van der Waals surface area contributed by atoms with Crippen LogP contribution in [0.1, 0.15) is 18.4 Å². The molecule has 2 aliphatic heterocycles. The van der Waals surface area contributed by atoms with E-state index in [2.05, 4.69) is 30.7 Å². The molecule has 0 saturated carbocycles. The zero-order valence-electron chi connectivity index (χ0n) is 17.5. The smallest absolute Gasteiger partial charge is 0.231 e. The Labute approximate surface area is 185 Å². The minimum Gasteiger partial charge on any atom is -0.454 e. The van der Waals surface area contributed by atoms with Gasteiger partial charge in [-0.15, -0.1) is 10.2 Å². The van der Waals surface area contributed by atoms with Gasteiger partial charge in [-0.3, -0.25) is 9.78 Å². The number of fused-ring (bicyclic) bond motifs is 1. The van der Waals surface area contributed by atoms with E-state index < -0.39 is 0 Å². The summed E-state index contributed by atoms with van der Waals surface area (Å²) < 4.78 is 10.7. The van der Waals surface area contributed by atoms with Gasteiger partial charge in [-0.1, -0.05) is 6.07 Å². The van der Waals surface area contributed by atoms with Crippen molar-refractivity contribution in [1.29, 1.82) is 0 Å². The number of amides is 1. The van der Waals surface area contributed by atoms with Crippen LogP contribution in [0.4, 0.5) is 17.3 Å². The second-order valence-electron chi connectivity index (χ2n) is 7.81. The van der Waals surface area contributed by atoms with E-state index in [-0.39, 0.29) is 18.6 Å². The summed E-state index contributed by atoms with van der Waals surface area (Å²) in [7, 11) is 0. The van der Waals surface area contributed by atoms with Crippen molar-refractivity contribution in [3.8, 4) is 11.5 Å². The zero-order valence-corrected chi connectivity index (χ0v) is 17.5. The SMILES string of the molecule is O=C(Nc1ccc2c(c1)OCO2)C1CCN(c2ccc(NCc3cccnc3)nn2)CC1. The van der Waals surface area contributed by atoms with Crippen LogP contribution in [0, 0.1) is 5.92 Å². The van der Waals surface area contributed by atoms with E-state index >= 15 is 0 Å². The number of piperidine rings is 1. The Hall–Kier alpha value is -3.88. The number of carbonyl (C=O) groups excluding carboxylic acids is 1. The molecule has 1 fully saturated rings. The first-order valence-electron chi connectivity index (χ1n) is 10.7. The third-order valence-electron chi connectivity index (χ3n) is 5.68. The van der Waals surface area contributed by atoms with Crippen molar-refractivity contribution in [2.45, 2.75) is 19.4 Å². The molecule has 32 heavy (non-hydrogen) atoms. The Bertz CT molecular complexity index is 1070. The second kappa shape index (κ2) is 9.09. The van der Waals surface area contributed by atoms with Crippen LogP contribution in [0.15, 0.2) is 54.9 Å². The lowest BCUT2D eigenvalue weighted by Gasteiger charge is -2.31. The molecule has 164 valence electrons. The molecule has 0 atom stereocenters. The molecule has 2 aromatic heterocycles. The maximum atomic E-state index is 12.7. The fourth-order valence-corrected chi connectivity index (χ4v) is 3.87. The van der Waals surface area contributed by atoms with Gasteiger partial charge in [0.05, 0.1) is 0 Å². The highest BCUT2D eigenvalue weighted by molar-refractivity contribution is 5.93. The minimum atomic E-state index is -0.0370. The molecule has 0 unspecified atom stereocenters. The van der Waals surface area contributed by atoms with E-state index in [0.29, 0.717) is 18.0 Å². The van der Waals surface area contributed by atoms with Crippen LogP contribution in [0.3, 0.4) is 0 Å². The molecule has 0 radical (unpaired) electrons. The molecule has 2 N–H and O–H groups in total. The largest absolute Gasteiger partial charge is 0.454 e. The fraction of sp³-hybridized carbons (Fsp3) is 0.304. The third-order valence-corrected chi connectivity index (χ3v) is 5.68. The number of ether oxygens (including phenoxy) is 2. The van der Waals surface area contributed by atoms with Crippen molar-refractivity contribution in [3.63, 3.8) is 0 Å². The van der Waals surface area contributed by atoms with E-state index in [9.17, 15) is 4.79 Å². The molecule has 1 aromatic carbocycles. The molecule has 1 amide bonds. The summed E-state index contributed by atoms with van der Waals surface area (Å²) in [6.07, 6.45) is 5.10. The standard InChI is InChI=1S/C23H24N6O3/c30-23(26-18-3-4-19-20(12-18)32-15-31-19)17-7-10-29(11-8-17)22-6-5-21(27-28-22)25-14-16-2-1-9-24-13-16/h1-6,9,12-13,17H,7-8,10-11,14-15H2,(H,25,27)(H,26,30). The average Bonchev–Trinajstić information content (AvgIpc) is 3.32. The van der Waals surface area contributed by atoms with Gasteiger partial charge in [0.25, 0.3) is 0 Å². The first-order valence-corrected chi connectivity index (χ1v) is 10.7. The molecule has 3 aromatic rings. The number of carbonyl (C=O) groups is 1. The van der Waals surface area contributed by atoms with Gasteiger partial charge in [0, 0.05) is 49.7 Å². The molecule has 0 bridgehead atoms. The van der Waals surface area contributed by atoms with Crippen molar-refractivity contribution >= 4 is 23.2 Å². The highest BCUT2D eigenvalue weighted by Gasteiger charge is 2.26. The summed E-state index contributed by atoms with van der Waals surface area (Å²) in [5, 5.41) is 14.9. The first-order chi connectivity index (χ1) is 15.7. The lowest BCUT2D eigenvalue weighted by atomic mass is 9.96. The second-order valence-corrected chi connectivity index (χ2v) is 7.81. The molecule has 4 heterocycles. The van der Waals surface area contributed by atoms with E-state index in [1.807, 2.05) is 42.6 Å². The number of benzene rings is 1. The maximum absolute atomic E-state index is 12.7. The molecule has 9 heteroatoms. The van der Waals surface area contributed by atoms with Gasteiger partial charge in [0.15, 0.2) is 17.3 Å². The quantitative estimate of drug-likeness (QED) is 0.613. The molecular weight excluding hydrogens is 408 g/mol. The van der Waals surface area contributed by atoms with E-state index in [1.54, 1.807) is 12.3 Å². The Morgan fingerprint density at radius 3 is 2.72 bits per heavy atom. The molecule has 5 rings (SSSR count). The summed E-state index contributed by atoms with van der Waals surface area (Å²) in [6, 6.07) is 13.3. The molecule has 1 saturated heterocycles. The third kappa shape index (κ3) is 4.56. The molecular formula is C23H24N6O3. The number of aromatic nitrogens is 3. The lowest BCUT2D eigenvalue weighted by molar-refractivity contribution is -0.120. The van der Waals surface area contributed by atoms with E-state index in [1.165, 1.54) is 0 Å². The molecule has 0 spiro atoms. The predicted octanol–water partition coefficient (Wildman–Crippen LogP) is 3.07. The van der Waals surface area contributed by atoms with Gasteiger partial charge in [0.2, 0.25) is 12.7 Å². The van der Waals surface area contributed by atoms with Crippen LogP contribution in [-0.4, -0.2) is 41.0 Å². The number of hydrogen-bond acceptors (Lipinski definition) is 8. The number of hydrogen-bond donors (Lipinski definition) is 2. The topological polar surface area (TPSA) is 102 Å². The fourth-order valence-electron chi connectivity index (χ4n) is 3.87. The Morgan fingerprint density at radius 2 is 1.94 bits per heavy atom. The average molecular weight is 432 g/mol.